The van der Waals surface area contributed by atoms with Crippen LogP contribution in [0.2, 0.25) is 0 Å². The lowest BCUT2D eigenvalue weighted by Crippen LogP contribution is -2.06. The van der Waals surface area contributed by atoms with E-state index in [9.17, 15) is 4.79 Å². The molecule has 1 atom stereocenters. The van der Waals surface area contributed by atoms with Crippen LogP contribution in [0.25, 0.3) is 11.3 Å². The van der Waals surface area contributed by atoms with Crippen molar-refractivity contribution in [2.24, 2.45) is 0 Å². The van der Waals surface area contributed by atoms with Gasteiger partial charge in [0.15, 0.2) is 6.79 Å². The summed E-state index contributed by atoms with van der Waals surface area (Å²) >= 11 is 0. The average Bonchev–Trinajstić information content (AvgIpc) is 3.17. The fourth-order valence-corrected chi connectivity index (χ4v) is 3.46. The summed E-state index contributed by atoms with van der Waals surface area (Å²) in [5, 5.41) is 13.6. The number of fused-ring (bicyclic) bond motifs is 3. The van der Waals surface area contributed by atoms with E-state index in [0.29, 0.717) is 18.5 Å². The van der Waals surface area contributed by atoms with Gasteiger partial charge in [0.1, 0.15) is 5.76 Å². The number of aliphatic hydroxyl groups excluding tert-OH is 1. The molecule has 1 aliphatic carbocycles. The highest BCUT2D eigenvalue weighted by Crippen LogP contribution is 2.43. The molecule has 0 radical (unpaired) electrons. The van der Waals surface area contributed by atoms with Crippen molar-refractivity contribution in [3.8, 4) is 11.3 Å². The minimum atomic E-state index is -0.677. The van der Waals surface area contributed by atoms with E-state index in [4.69, 9.17) is 14.6 Å². The third-order valence-electron chi connectivity index (χ3n) is 4.70. The Hall–Kier alpha value is -2.93. The van der Waals surface area contributed by atoms with E-state index in [1.165, 1.54) is 0 Å². The molecule has 0 amide bonds. The van der Waals surface area contributed by atoms with Gasteiger partial charge in [0.2, 0.25) is 5.76 Å². The molecule has 3 aromatic heterocycles. The van der Waals surface area contributed by atoms with Gasteiger partial charge in [-0.15, -0.1) is 0 Å². The molecule has 26 heavy (non-hydrogen) atoms. The maximum Gasteiger partial charge on any atom is 0.376 e. The van der Waals surface area contributed by atoms with Crippen LogP contribution >= 0.6 is 0 Å². The monoisotopic (exact) mass is 353 g/mol. The minimum absolute atomic E-state index is 0.128. The summed E-state index contributed by atoms with van der Waals surface area (Å²) in [6, 6.07) is 5.79. The number of pyridine rings is 1. The Morgan fingerprint density at radius 2 is 2.31 bits per heavy atom. The molecular weight excluding hydrogens is 334 g/mol. The lowest BCUT2D eigenvalue weighted by Gasteiger charge is -2.16. The van der Waals surface area contributed by atoms with Crippen molar-refractivity contribution in [3.05, 3.63) is 58.9 Å². The number of carbonyl (C=O) groups excluding carboxylic acids is 1. The van der Waals surface area contributed by atoms with Gasteiger partial charge in [-0.05, 0) is 25.0 Å². The zero-order valence-electron chi connectivity index (χ0n) is 14.6. The summed E-state index contributed by atoms with van der Waals surface area (Å²) in [5.41, 5.74) is 4.42. The molecule has 3 heterocycles. The highest BCUT2D eigenvalue weighted by atomic mass is 16.6. The Morgan fingerprint density at radius 3 is 3.04 bits per heavy atom. The molecule has 4 rings (SSSR count). The van der Waals surface area contributed by atoms with Crippen molar-refractivity contribution < 1.29 is 19.1 Å². The van der Waals surface area contributed by atoms with Crippen LogP contribution in [0, 0.1) is 6.92 Å². The van der Waals surface area contributed by atoms with E-state index in [-0.39, 0.29) is 11.7 Å². The Morgan fingerprint density at radius 1 is 1.46 bits per heavy atom. The van der Waals surface area contributed by atoms with Crippen molar-refractivity contribution >= 4 is 5.97 Å². The normalized spacial score (nSPS) is 15.4. The van der Waals surface area contributed by atoms with Crippen LogP contribution in [-0.4, -0.2) is 32.6 Å². The zero-order valence-corrected chi connectivity index (χ0v) is 14.6. The second-order valence-corrected chi connectivity index (χ2v) is 6.47. The van der Waals surface area contributed by atoms with Crippen molar-refractivity contribution in [2.45, 2.75) is 32.7 Å². The number of carbonyl (C=O) groups is 1. The van der Waals surface area contributed by atoms with Gasteiger partial charge >= 0.3 is 5.97 Å². The van der Waals surface area contributed by atoms with Gasteiger partial charge in [0.25, 0.3) is 0 Å². The molecule has 0 saturated heterocycles. The fourth-order valence-electron chi connectivity index (χ4n) is 3.46. The van der Waals surface area contributed by atoms with E-state index < -0.39 is 12.8 Å². The van der Waals surface area contributed by atoms with Gasteiger partial charge in [0.05, 0.1) is 17.9 Å². The number of nitrogens with zero attached hydrogens (tertiary/aromatic N) is 3. The highest BCUT2D eigenvalue weighted by Gasteiger charge is 2.33. The third kappa shape index (κ3) is 2.70. The Labute approximate surface area is 150 Å². The molecule has 0 bridgehead atoms. The largest absolute Gasteiger partial charge is 0.453 e. The van der Waals surface area contributed by atoms with Gasteiger partial charge in [-0.2, -0.15) is 5.10 Å². The van der Waals surface area contributed by atoms with Gasteiger partial charge in [-0.25, -0.2) is 4.79 Å². The van der Waals surface area contributed by atoms with E-state index >= 15 is 0 Å². The molecule has 7 nitrogen and oxygen atoms in total. The predicted octanol–water partition coefficient (Wildman–Crippen LogP) is 2.66. The first-order valence-electron chi connectivity index (χ1n) is 8.46. The van der Waals surface area contributed by atoms with Crippen LogP contribution in [0.3, 0.4) is 0 Å². The van der Waals surface area contributed by atoms with E-state index in [1.807, 2.05) is 36.0 Å². The smallest absolute Gasteiger partial charge is 0.376 e. The molecule has 1 N–H and O–H groups in total. The van der Waals surface area contributed by atoms with Crippen LogP contribution in [0.1, 0.15) is 46.0 Å². The molecular formula is C19H19N3O4. The standard InChI is InChI=1S/C19H19N3O4/c1-11-7-15-16(12(2)18(26-15)19(24)25-10-23)17-14(11)9-22(21-17)8-13-5-3-4-6-20-13/h3-6,9,11,23H,7-8,10H2,1-2H3. The number of hydrogen-bond donors (Lipinski definition) is 1. The number of esters is 1. The van der Waals surface area contributed by atoms with Crippen molar-refractivity contribution in [1.82, 2.24) is 14.8 Å². The number of aliphatic hydroxyl groups is 1. The van der Waals surface area contributed by atoms with E-state index in [2.05, 4.69) is 16.6 Å². The summed E-state index contributed by atoms with van der Waals surface area (Å²) in [6.45, 7) is 3.82. The van der Waals surface area contributed by atoms with E-state index in [0.717, 1.165) is 28.3 Å². The second-order valence-electron chi connectivity index (χ2n) is 6.47. The summed E-state index contributed by atoms with van der Waals surface area (Å²) in [5.74, 6) is 0.419. The first kappa shape index (κ1) is 16.5. The minimum Gasteiger partial charge on any atom is -0.453 e. The predicted molar refractivity (Wildman–Crippen MR) is 92.6 cm³/mol. The quantitative estimate of drug-likeness (QED) is 0.573. The fraction of sp³-hybridized carbons (Fsp3) is 0.316. The van der Waals surface area contributed by atoms with Crippen molar-refractivity contribution in [1.29, 1.82) is 0 Å². The first-order chi connectivity index (χ1) is 12.6. The van der Waals surface area contributed by atoms with Crippen molar-refractivity contribution in [2.75, 3.05) is 6.79 Å². The summed E-state index contributed by atoms with van der Waals surface area (Å²) < 4.78 is 12.3. The highest BCUT2D eigenvalue weighted by molar-refractivity contribution is 5.91. The van der Waals surface area contributed by atoms with Crippen molar-refractivity contribution in [3.63, 3.8) is 0 Å². The van der Waals surface area contributed by atoms with Crippen LogP contribution in [0.5, 0.6) is 0 Å². The van der Waals surface area contributed by atoms with Gasteiger partial charge < -0.3 is 14.3 Å². The molecule has 0 saturated carbocycles. The molecule has 0 aromatic carbocycles. The SMILES string of the molecule is Cc1c(C(=O)OCO)oc2c1-c1nn(Cc3ccccn3)cc1C(C)C2. The van der Waals surface area contributed by atoms with Gasteiger partial charge in [-0.3, -0.25) is 9.67 Å². The molecule has 0 aliphatic heterocycles. The molecule has 7 heteroatoms. The third-order valence-corrected chi connectivity index (χ3v) is 4.70. The van der Waals surface area contributed by atoms with Crippen LogP contribution in [-0.2, 0) is 17.7 Å². The summed E-state index contributed by atoms with van der Waals surface area (Å²) in [6.07, 6.45) is 4.49. The zero-order chi connectivity index (χ0) is 18.3. The summed E-state index contributed by atoms with van der Waals surface area (Å²) in [4.78, 5) is 16.4. The lowest BCUT2D eigenvalue weighted by atomic mass is 9.86. The average molecular weight is 353 g/mol. The molecule has 1 unspecified atom stereocenters. The number of furan rings is 1. The van der Waals surface area contributed by atoms with Crippen LogP contribution in [0.4, 0.5) is 0 Å². The molecule has 1 aliphatic rings. The topological polar surface area (TPSA) is 90.4 Å². The molecule has 134 valence electrons. The number of rotatable bonds is 4. The lowest BCUT2D eigenvalue weighted by molar-refractivity contribution is 0.00357. The Bertz CT molecular complexity index is 959. The van der Waals surface area contributed by atoms with Crippen LogP contribution < -0.4 is 0 Å². The number of aromatic nitrogens is 3. The maximum absolute atomic E-state index is 12.0. The number of ether oxygens (including phenoxy) is 1. The Balaban J connectivity index is 1.75. The Kier molecular flexibility index (Phi) is 4.08. The second kappa shape index (κ2) is 6.42. The van der Waals surface area contributed by atoms with Gasteiger partial charge in [-0.1, -0.05) is 13.0 Å². The summed E-state index contributed by atoms with van der Waals surface area (Å²) in [7, 11) is 0. The molecule has 0 fully saturated rings. The maximum atomic E-state index is 12.0. The molecule has 3 aromatic rings. The molecule has 0 spiro atoms. The van der Waals surface area contributed by atoms with Gasteiger partial charge in [0, 0.05) is 35.5 Å². The van der Waals surface area contributed by atoms with E-state index in [1.54, 1.807) is 6.20 Å². The van der Waals surface area contributed by atoms with Crippen LogP contribution in [0.15, 0.2) is 35.0 Å². The number of hydrogen-bond acceptors (Lipinski definition) is 6. The first-order valence-corrected chi connectivity index (χ1v) is 8.46.